The predicted octanol–water partition coefficient (Wildman–Crippen LogP) is 4.07. The van der Waals surface area contributed by atoms with Gasteiger partial charge in [-0.05, 0) is 49.1 Å². The molecule has 0 saturated heterocycles. The molecule has 1 aliphatic rings. The van der Waals surface area contributed by atoms with Crippen LogP contribution >= 0.6 is 0 Å². The molecule has 0 aliphatic heterocycles. The molecule has 0 radical (unpaired) electrons. The standard InChI is InChI=1S/C24H34N4O3/c1-25-24(26-13-7-14-30-18-22-12-6-15-31-22)27-17-19-8-5-11-21(16-19)28-23(29)20-9-3-2-4-10-20/h5-6,8,11-12,15-16,20H,2-4,7,9-10,13-14,17-18H2,1H3,(H,28,29)(H2,25,26,27). The highest BCUT2D eigenvalue weighted by Gasteiger charge is 2.21. The minimum atomic E-state index is 0.150. The number of anilines is 1. The van der Waals surface area contributed by atoms with Crippen molar-refractivity contribution in [2.75, 3.05) is 25.5 Å². The average molecular weight is 427 g/mol. The van der Waals surface area contributed by atoms with Crippen molar-refractivity contribution in [1.29, 1.82) is 0 Å². The van der Waals surface area contributed by atoms with E-state index in [2.05, 4.69) is 20.9 Å². The number of benzene rings is 1. The lowest BCUT2D eigenvalue weighted by Gasteiger charge is -2.21. The average Bonchev–Trinajstić information content (AvgIpc) is 3.32. The summed E-state index contributed by atoms with van der Waals surface area (Å²) in [6.07, 6.45) is 8.08. The number of carbonyl (C=O) groups excluding carboxylic acids is 1. The lowest BCUT2D eigenvalue weighted by Crippen LogP contribution is -2.37. The van der Waals surface area contributed by atoms with Crippen molar-refractivity contribution in [1.82, 2.24) is 10.6 Å². The number of hydrogen-bond donors (Lipinski definition) is 3. The number of amides is 1. The largest absolute Gasteiger partial charge is 0.467 e. The second-order valence-electron chi connectivity index (χ2n) is 7.86. The summed E-state index contributed by atoms with van der Waals surface area (Å²) in [5.74, 6) is 1.88. The first kappa shape index (κ1) is 22.9. The zero-order valence-electron chi connectivity index (χ0n) is 18.4. The minimum absolute atomic E-state index is 0.150. The van der Waals surface area contributed by atoms with Gasteiger partial charge in [0, 0.05) is 38.3 Å². The van der Waals surface area contributed by atoms with Gasteiger partial charge in [-0.1, -0.05) is 31.4 Å². The molecule has 1 fully saturated rings. The first-order valence-corrected chi connectivity index (χ1v) is 11.2. The number of furan rings is 1. The van der Waals surface area contributed by atoms with Crippen LogP contribution in [-0.2, 0) is 22.7 Å². The third-order valence-corrected chi connectivity index (χ3v) is 5.44. The van der Waals surface area contributed by atoms with Crippen LogP contribution in [0, 0.1) is 5.92 Å². The molecule has 168 valence electrons. The maximum absolute atomic E-state index is 12.5. The summed E-state index contributed by atoms with van der Waals surface area (Å²) < 4.78 is 10.8. The van der Waals surface area contributed by atoms with E-state index in [1.807, 2.05) is 36.4 Å². The Balaban J connectivity index is 1.35. The fraction of sp³-hybridized carbons (Fsp3) is 0.500. The van der Waals surface area contributed by atoms with Gasteiger partial charge in [0.05, 0.1) is 6.26 Å². The van der Waals surface area contributed by atoms with E-state index in [1.165, 1.54) is 6.42 Å². The summed E-state index contributed by atoms with van der Waals surface area (Å²) >= 11 is 0. The van der Waals surface area contributed by atoms with Gasteiger partial charge < -0.3 is 25.1 Å². The molecule has 1 saturated carbocycles. The van der Waals surface area contributed by atoms with Crippen molar-refractivity contribution >= 4 is 17.6 Å². The van der Waals surface area contributed by atoms with Crippen LogP contribution in [0.1, 0.15) is 49.8 Å². The molecule has 1 amide bonds. The molecule has 1 aromatic carbocycles. The Morgan fingerprint density at radius 1 is 1.16 bits per heavy atom. The van der Waals surface area contributed by atoms with Gasteiger partial charge in [0.1, 0.15) is 12.4 Å². The molecule has 3 rings (SSSR count). The van der Waals surface area contributed by atoms with Crippen molar-refractivity contribution in [3.8, 4) is 0 Å². The van der Waals surface area contributed by atoms with Crippen LogP contribution in [0.2, 0.25) is 0 Å². The van der Waals surface area contributed by atoms with Crippen molar-refractivity contribution in [2.45, 2.75) is 51.7 Å². The molecular formula is C24H34N4O3. The molecule has 0 spiro atoms. The fourth-order valence-electron chi connectivity index (χ4n) is 3.72. The van der Waals surface area contributed by atoms with E-state index < -0.39 is 0 Å². The highest BCUT2D eigenvalue weighted by atomic mass is 16.5. The Morgan fingerprint density at radius 3 is 2.81 bits per heavy atom. The first-order chi connectivity index (χ1) is 15.2. The van der Waals surface area contributed by atoms with Crippen molar-refractivity contribution in [3.63, 3.8) is 0 Å². The van der Waals surface area contributed by atoms with Gasteiger partial charge in [0.25, 0.3) is 0 Å². The topological polar surface area (TPSA) is 87.9 Å². The normalized spacial score (nSPS) is 14.9. The maximum atomic E-state index is 12.5. The van der Waals surface area contributed by atoms with E-state index in [1.54, 1.807) is 13.3 Å². The molecule has 7 heteroatoms. The Morgan fingerprint density at radius 2 is 2.03 bits per heavy atom. The van der Waals surface area contributed by atoms with Crippen molar-refractivity contribution < 1.29 is 13.9 Å². The Kier molecular flexibility index (Phi) is 9.44. The highest BCUT2D eigenvalue weighted by molar-refractivity contribution is 5.92. The second kappa shape index (κ2) is 12.8. The number of ether oxygens (including phenoxy) is 1. The smallest absolute Gasteiger partial charge is 0.227 e. The minimum Gasteiger partial charge on any atom is -0.467 e. The van der Waals surface area contributed by atoms with E-state index in [4.69, 9.17) is 9.15 Å². The van der Waals surface area contributed by atoms with Crippen LogP contribution in [0.25, 0.3) is 0 Å². The number of guanidine groups is 1. The van der Waals surface area contributed by atoms with Gasteiger partial charge in [-0.25, -0.2) is 0 Å². The highest BCUT2D eigenvalue weighted by Crippen LogP contribution is 2.25. The Bertz CT molecular complexity index is 814. The molecule has 2 aromatic rings. The van der Waals surface area contributed by atoms with E-state index in [9.17, 15) is 4.79 Å². The van der Waals surface area contributed by atoms with Crippen LogP contribution in [0.15, 0.2) is 52.1 Å². The molecule has 7 nitrogen and oxygen atoms in total. The molecule has 0 unspecified atom stereocenters. The summed E-state index contributed by atoms with van der Waals surface area (Å²) in [5, 5.41) is 9.69. The number of aliphatic imine (C=N–C) groups is 1. The first-order valence-electron chi connectivity index (χ1n) is 11.2. The predicted molar refractivity (Wildman–Crippen MR) is 123 cm³/mol. The van der Waals surface area contributed by atoms with Crippen molar-refractivity contribution in [2.24, 2.45) is 10.9 Å². The number of nitrogens with zero attached hydrogens (tertiary/aromatic N) is 1. The van der Waals surface area contributed by atoms with Crippen LogP contribution in [0.5, 0.6) is 0 Å². The molecule has 3 N–H and O–H groups in total. The molecule has 31 heavy (non-hydrogen) atoms. The van der Waals surface area contributed by atoms with E-state index in [0.29, 0.717) is 19.8 Å². The monoisotopic (exact) mass is 426 g/mol. The molecule has 1 aromatic heterocycles. The van der Waals surface area contributed by atoms with Crippen molar-refractivity contribution in [3.05, 3.63) is 54.0 Å². The third-order valence-electron chi connectivity index (χ3n) is 5.44. The quantitative estimate of drug-likeness (QED) is 0.303. The third kappa shape index (κ3) is 8.09. The van der Waals surface area contributed by atoms with Crippen LogP contribution in [0.4, 0.5) is 5.69 Å². The Labute approximate surface area is 184 Å². The van der Waals surface area contributed by atoms with Crippen LogP contribution < -0.4 is 16.0 Å². The number of hydrogen-bond acceptors (Lipinski definition) is 4. The molecule has 0 atom stereocenters. The van der Waals surface area contributed by atoms with Gasteiger partial charge in [-0.3, -0.25) is 9.79 Å². The number of rotatable bonds is 10. The van der Waals surface area contributed by atoms with Crippen LogP contribution in [-0.4, -0.2) is 32.1 Å². The summed E-state index contributed by atoms with van der Waals surface area (Å²) in [6, 6.07) is 11.7. The van der Waals surface area contributed by atoms with Gasteiger partial charge in [-0.2, -0.15) is 0 Å². The number of carbonyl (C=O) groups is 1. The maximum Gasteiger partial charge on any atom is 0.227 e. The van der Waals surface area contributed by atoms with E-state index in [0.717, 1.165) is 61.6 Å². The SMILES string of the molecule is CN=C(NCCCOCc1ccco1)NCc1cccc(NC(=O)C2CCCCC2)c1. The fourth-order valence-corrected chi connectivity index (χ4v) is 3.72. The lowest BCUT2D eigenvalue weighted by atomic mass is 9.88. The van der Waals surface area contributed by atoms with Crippen LogP contribution in [0.3, 0.4) is 0 Å². The van der Waals surface area contributed by atoms with E-state index in [-0.39, 0.29) is 11.8 Å². The van der Waals surface area contributed by atoms with Gasteiger partial charge in [0.2, 0.25) is 5.91 Å². The summed E-state index contributed by atoms with van der Waals surface area (Å²) in [6.45, 7) is 2.53. The van der Waals surface area contributed by atoms with Gasteiger partial charge in [-0.15, -0.1) is 0 Å². The molecule has 0 bridgehead atoms. The van der Waals surface area contributed by atoms with E-state index >= 15 is 0 Å². The Hall–Kier alpha value is -2.80. The molecule has 1 aliphatic carbocycles. The number of nitrogens with one attached hydrogen (secondary N) is 3. The molecule has 1 heterocycles. The summed E-state index contributed by atoms with van der Waals surface area (Å²) in [7, 11) is 1.75. The van der Waals surface area contributed by atoms with Gasteiger partial charge >= 0.3 is 0 Å². The second-order valence-corrected chi connectivity index (χ2v) is 7.86. The van der Waals surface area contributed by atoms with Gasteiger partial charge in [0.15, 0.2) is 5.96 Å². The lowest BCUT2D eigenvalue weighted by molar-refractivity contribution is -0.120. The summed E-state index contributed by atoms with van der Waals surface area (Å²) in [5.41, 5.74) is 1.94. The summed E-state index contributed by atoms with van der Waals surface area (Å²) in [4.78, 5) is 16.7. The zero-order chi connectivity index (χ0) is 21.7. The zero-order valence-corrected chi connectivity index (χ0v) is 18.4. The molecular weight excluding hydrogens is 392 g/mol.